The monoisotopic (exact) mass is 217 g/mol. The van der Waals surface area contributed by atoms with Crippen molar-refractivity contribution in [2.45, 2.75) is 13.8 Å². The van der Waals surface area contributed by atoms with Gasteiger partial charge in [0.05, 0.1) is 0 Å². The molecule has 0 bridgehead atoms. The average Bonchev–Trinajstić information content (AvgIpc) is 2.01. The van der Waals surface area contributed by atoms with Gasteiger partial charge in [-0.1, -0.05) is 13.8 Å². The van der Waals surface area contributed by atoms with Crippen LogP contribution >= 0.6 is 24.2 Å². The van der Waals surface area contributed by atoms with Crippen LogP contribution in [0.3, 0.4) is 0 Å². The number of carbonyl (C=O) groups is 1. The molecule has 0 saturated heterocycles. The van der Waals surface area contributed by atoms with Gasteiger partial charge in [0.15, 0.2) is 0 Å². The van der Waals surface area contributed by atoms with Crippen molar-refractivity contribution in [2.24, 2.45) is 0 Å². The van der Waals surface area contributed by atoms with Crippen molar-refractivity contribution in [3.8, 4) is 0 Å². The molecule has 0 heterocycles. The Bertz CT molecular complexity index is 147. The summed E-state index contributed by atoms with van der Waals surface area (Å²) in [6, 6.07) is 0. The normalized spacial score (nSPS) is 8.92. The first-order valence-electron chi connectivity index (χ1n) is 3.31. The Morgan fingerprint density at radius 3 is 2.50 bits per heavy atom. The summed E-state index contributed by atoms with van der Waals surface area (Å²) < 4.78 is 6.69. The third-order valence-corrected chi connectivity index (χ3v) is 2.39. The number of hydrogen-bond donors (Lipinski definition) is 0. The summed E-state index contributed by atoms with van der Waals surface area (Å²) in [6.07, 6.45) is 0. The molecule has 66 valence electrons. The van der Waals surface area contributed by atoms with Crippen molar-refractivity contribution in [2.75, 3.05) is 13.1 Å². The summed E-state index contributed by atoms with van der Waals surface area (Å²) in [4.78, 5) is 9.83. The van der Waals surface area contributed by atoms with Crippen molar-refractivity contribution in [1.29, 1.82) is 0 Å². The van der Waals surface area contributed by atoms with Crippen LogP contribution in [-0.2, 0) is 9.53 Å². The largest absolute Gasteiger partial charge is 1.00 e. The van der Waals surface area contributed by atoms with Crippen LogP contribution in [-0.4, -0.2) is 28.2 Å². The zero-order valence-electron chi connectivity index (χ0n) is 8.57. The second kappa shape index (κ2) is 9.95. The standard InChI is InChI=1S/C6H11NO2S2.Na.H/c1-3-7(4-2)11-6(10)9-5-8;;/h5H,3-4H2,1-2H3;;/q;+1;-1. The van der Waals surface area contributed by atoms with Crippen LogP contribution in [0.5, 0.6) is 0 Å². The summed E-state index contributed by atoms with van der Waals surface area (Å²) in [5.74, 6) is 0. The molecule has 0 aromatic heterocycles. The quantitative estimate of drug-likeness (QED) is 0.249. The van der Waals surface area contributed by atoms with Gasteiger partial charge in [0.1, 0.15) is 0 Å². The molecule has 0 fully saturated rings. The van der Waals surface area contributed by atoms with E-state index in [0.717, 1.165) is 13.1 Å². The number of ether oxygens (including phenoxy) is 1. The molecular weight excluding hydrogens is 205 g/mol. The Kier molecular flexibility index (Phi) is 12.7. The van der Waals surface area contributed by atoms with Gasteiger partial charge in [-0.2, -0.15) is 0 Å². The molecular formula is C6H12NNaO2S2. The second-order valence-electron chi connectivity index (χ2n) is 1.67. The molecule has 0 N–H and O–H groups in total. The van der Waals surface area contributed by atoms with Gasteiger partial charge in [-0.3, -0.25) is 4.79 Å². The summed E-state index contributed by atoms with van der Waals surface area (Å²) in [7, 11) is 0. The van der Waals surface area contributed by atoms with Crippen molar-refractivity contribution in [1.82, 2.24) is 4.31 Å². The van der Waals surface area contributed by atoms with Gasteiger partial charge in [-0.25, -0.2) is 4.31 Å². The van der Waals surface area contributed by atoms with Crippen molar-refractivity contribution < 1.29 is 40.5 Å². The number of nitrogens with zero attached hydrogens (tertiary/aromatic N) is 1. The first-order valence-corrected chi connectivity index (χ1v) is 4.49. The second-order valence-corrected chi connectivity index (χ2v) is 3.37. The molecule has 0 aromatic carbocycles. The van der Waals surface area contributed by atoms with Gasteiger partial charge in [-0.05, 0) is 12.2 Å². The first kappa shape index (κ1) is 15.3. The zero-order valence-corrected chi connectivity index (χ0v) is 11.2. The van der Waals surface area contributed by atoms with Gasteiger partial charge in [0, 0.05) is 25.0 Å². The van der Waals surface area contributed by atoms with Crippen LogP contribution in [0.25, 0.3) is 0 Å². The fourth-order valence-corrected chi connectivity index (χ4v) is 1.43. The number of thiocarbonyl (C=S) groups is 1. The Hall–Kier alpha value is 0.870. The predicted molar refractivity (Wildman–Crippen MR) is 51.4 cm³/mol. The van der Waals surface area contributed by atoms with Crippen LogP contribution in [0.1, 0.15) is 15.3 Å². The van der Waals surface area contributed by atoms with Crippen LogP contribution in [0, 0.1) is 0 Å². The summed E-state index contributed by atoms with van der Waals surface area (Å²) in [5.41, 5.74) is 0. The maximum atomic E-state index is 9.83. The summed E-state index contributed by atoms with van der Waals surface area (Å²) in [5, 5.41) is 0. The molecule has 0 aliphatic rings. The van der Waals surface area contributed by atoms with E-state index in [9.17, 15) is 4.79 Å². The van der Waals surface area contributed by atoms with Gasteiger partial charge < -0.3 is 6.16 Å². The third kappa shape index (κ3) is 7.52. The van der Waals surface area contributed by atoms with Crippen molar-refractivity contribution in [3.05, 3.63) is 0 Å². The third-order valence-electron chi connectivity index (χ3n) is 1.05. The maximum Gasteiger partial charge on any atom is 1.00 e. The summed E-state index contributed by atoms with van der Waals surface area (Å²) in [6.45, 7) is 6.13. The Balaban J connectivity index is -0.000000500. The molecule has 0 rings (SSSR count). The molecule has 3 nitrogen and oxygen atoms in total. The summed E-state index contributed by atoms with van der Waals surface area (Å²) >= 11 is 6.01. The smallest absolute Gasteiger partial charge is 1.00 e. The van der Waals surface area contributed by atoms with E-state index in [2.05, 4.69) is 4.74 Å². The van der Waals surface area contributed by atoms with Crippen LogP contribution in [0.15, 0.2) is 0 Å². The molecule has 0 saturated carbocycles. The van der Waals surface area contributed by atoms with E-state index in [1.807, 2.05) is 18.2 Å². The molecule has 0 amide bonds. The predicted octanol–water partition coefficient (Wildman–Crippen LogP) is -1.45. The molecule has 0 aliphatic carbocycles. The maximum absolute atomic E-state index is 9.83. The first-order chi connectivity index (χ1) is 5.24. The number of rotatable bonds is 4. The van der Waals surface area contributed by atoms with E-state index in [1.165, 1.54) is 11.9 Å². The van der Waals surface area contributed by atoms with E-state index in [0.29, 0.717) is 6.47 Å². The van der Waals surface area contributed by atoms with E-state index < -0.39 is 0 Å². The topological polar surface area (TPSA) is 29.5 Å². The molecule has 6 heteroatoms. The Labute approximate surface area is 106 Å². The van der Waals surface area contributed by atoms with Gasteiger partial charge in [0.25, 0.3) is 6.47 Å². The van der Waals surface area contributed by atoms with Gasteiger partial charge in [0.2, 0.25) is 4.38 Å². The molecule has 0 aromatic rings. The van der Waals surface area contributed by atoms with E-state index in [1.54, 1.807) is 0 Å². The average molecular weight is 217 g/mol. The molecule has 12 heavy (non-hydrogen) atoms. The van der Waals surface area contributed by atoms with Gasteiger partial charge >= 0.3 is 29.6 Å². The van der Waals surface area contributed by atoms with E-state index in [4.69, 9.17) is 12.2 Å². The van der Waals surface area contributed by atoms with Crippen molar-refractivity contribution >= 4 is 35.0 Å². The molecule has 0 unspecified atom stereocenters. The zero-order chi connectivity index (χ0) is 8.69. The van der Waals surface area contributed by atoms with Crippen molar-refractivity contribution in [3.63, 3.8) is 0 Å². The Morgan fingerprint density at radius 2 is 2.17 bits per heavy atom. The van der Waals surface area contributed by atoms with E-state index in [-0.39, 0.29) is 35.4 Å². The van der Waals surface area contributed by atoms with Crippen LogP contribution in [0.4, 0.5) is 0 Å². The van der Waals surface area contributed by atoms with Gasteiger partial charge in [-0.15, -0.1) is 0 Å². The minimum absolute atomic E-state index is 0. The SMILES string of the molecule is CCN(CC)SC(=S)OC=O.[H-].[Na+]. The molecule has 0 radical (unpaired) electrons. The molecule has 0 aliphatic heterocycles. The minimum atomic E-state index is 0. The fourth-order valence-electron chi connectivity index (χ4n) is 0.519. The van der Waals surface area contributed by atoms with E-state index >= 15 is 0 Å². The molecule has 0 atom stereocenters. The number of hydrogen-bond acceptors (Lipinski definition) is 5. The van der Waals surface area contributed by atoms with Crippen LogP contribution in [0.2, 0.25) is 0 Å². The molecule has 0 spiro atoms. The van der Waals surface area contributed by atoms with Crippen LogP contribution < -0.4 is 29.6 Å². The Morgan fingerprint density at radius 1 is 1.67 bits per heavy atom. The number of carbonyl (C=O) groups excluding carboxylic acids is 1. The minimum Gasteiger partial charge on any atom is -1.00 e. The fraction of sp³-hybridized carbons (Fsp3) is 0.667.